The van der Waals surface area contributed by atoms with Crippen molar-refractivity contribution in [1.29, 1.82) is 0 Å². The van der Waals surface area contributed by atoms with Gasteiger partial charge >= 0.3 is 0 Å². The Morgan fingerprint density at radius 1 is 1.00 bits per heavy atom. The third kappa shape index (κ3) is 5.44. The van der Waals surface area contributed by atoms with Crippen LogP contribution in [-0.4, -0.2) is 65.1 Å². The Bertz CT molecular complexity index is 1600. The molecule has 40 heavy (non-hydrogen) atoms. The normalized spacial score (nSPS) is 13.7. The van der Waals surface area contributed by atoms with Crippen LogP contribution in [0.1, 0.15) is 27.6 Å². The standard InChI is InChI=1S/C31H31N5O4/c1-21(39-3)17-24(40-4)12-14-35(15-16-36-30(37)25-7-5-6-8-26(25)31(36)38)23-9-10-27-28(18-23)33-29(19-32-27)22-11-13-34(2)20-22/h5-13,17-20H,14-16H2,1-4H3/b21-17+,24-12+. The van der Waals surface area contributed by atoms with E-state index < -0.39 is 0 Å². The first-order chi connectivity index (χ1) is 19.4. The minimum Gasteiger partial charge on any atom is -0.501 e. The van der Waals surface area contributed by atoms with Crippen LogP contribution in [-0.2, 0) is 16.5 Å². The van der Waals surface area contributed by atoms with Crippen LogP contribution in [0.15, 0.2) is 90.8 Å². The summed E-state index contributed by atoms with van der Waals surface area (Å²) in [5.74, 6) is 0.797. The number of hydrogen-bond donors (Lipinski definition) is 0. The topological polar surface area (TPSA) is 89.8 Å². The SMILES string of the molecule is CO/C(C)=C/C(=C\CN(CCN1C(=O)c2ccccc2C1=O)c1ccc2ncc(-c3ccn(C)c3)nc2c1)OC. The fourth-order valence-corrected chi connectivity index (χ4v) is 4.64. The van der Waals surface area contributed by atoms with Gasteiger partial charge in [0.25, 0.3) is 11.8 Å². The van der Waals surface area contributed by atoms with Crippen LogP contribution in [0, 0.1) is 0 Å². The number of anilines is 1. The van der Waals surface area contributed by atoms with Crippen LogP contribution in [0.2, 0.25) is 0 Å². The number of aromatic nitrogens is 3. The maximum Gasteiger partial charge on any atom is 0.261 e. The lowest BCUT2D eigenvalue weighted by molar-refractivity contribution is 0.0658. The van der Waals surface area contributed by atoms with Crippen molar-refractivity contribution in [2.75, 3.05) is 38.8 Å². The third-order valence-electron chi connectivity index (χ3n) is 6.91. The van der Waals surface area contributed by atoms with E-state index in [4.69, 9.17) is 14.5 Å². The maximum atomic E-state index is 13.0. The molecular formula is C31H31N5O4. The molecule has 0 aliphatic carbocycles. The average Bonchev–Trinajstić information content (AvgIpc) is 3.52. The summed E-state index contributed by atoms with van der Waals surface area (Å²) in [5.41, 5.74) is 5.04. The van der Waals surface area contributed by atoms with E-state index in [1.165, 1.54) is 4.90 Å². The minimum absolute atomic E-state index is 0.225. The molecule has 1 aliphatic rings. The molecule has 2 aromatic carbocycles. The molecule has 2 aromatic heterocycles. The Labute approximate surface area is 233 Å². The van der Waals surface area contributed by atoms with Gasteiger partial charge in [0.15, 0.2) is 0 Å². The number of amides is 2. The lowest BCUT2D eigenvalue weighted by Gasteiger charge is -2.26. The summed E-state index contributed by atoms with van der Waals surface area (Å²) in [7, 11) is 5.17. The molecule has 5 rings (SSSR count). The second kappa shape index (κ2) is 11.4. The molecule has 0 saturated carbocycles. The highest BCUT2D eigenvalue weighted by atomic mass is 16.5. The van der Waals surface area contributed by atoms with Crippen molar-refractivity contribution in [3.05, 3.63) is 102 Å². The Balaban J connectivity index is 1.45. The lowest BCUT2D eigenvalue weighted by Crippen LogP contribution is -2.38. The summed E-state index contributed by atoms with van der Waals surface area (Å²) in [6.45, 7) is 2.93. The minimum atomic E-state index is -0.274. The second-order valence-electron chi connectivity index (χ2n) is 9.52. The first-order valence-corrected chi connectivity index (χ1v) is 12.9. The van der Waals surface area contributed by atoms with E-state index in [2.05, 4.69) is 9.88 Å². The van der Waals surface area contributed by atoms with Crippen molar-refractivity contribution in [2.24, 2.45) is 7.05 Å². The van der Waals surface area contributed by atoms with Gasteiger partial charge in [-0.25, -0.2) is 4.98 Å². The molecule has 0 atom stereocenters. The van der Waals surface area contributed by atoms with Gasteiger partial charge < -0.3 is 18.9 Å². The van der Waals surface area contributed by atoms with Crippen LogP contribution in [0.3, 0.4) is 0 Å². The lowest BCUT2D eigenvalue weighted by atomic mass is 10.1. The van der Waals surface area contributed by atoms with E-state index in [-0.39, 0.29) is 18.4 Å². The Morgan fingerprint density at radius 2 is 1.75 bits per heavy atom. The molecule has 0 bridgehead atoms. The molecule has 1 aliphatic heterocycles. The zero-order chi connectivity index (χ0) is 28.2. The van der Waals surface area contributed by atoms with Crippen molar-refractivity contribution in [1.82, 2.24) is 19.4 Å². The Kier molecular flexibility index (Phi) is 7.63. The largest absolute Gasteiger partial charge is 0.501 e. The second-order valence-corrected chi connectivity index (χ2v) is 9.52. The van der Waals surface area contributed by atoms with Crippen molar-refractivity contribution in [2.45, 2.75) is 6.92 Å². The number of carbonyl (C=O) groups excluding carboxylic acids is 2. The molecule has 4 aromatic rings. The third-order valence-corrected chi connectivity index (χ3v) is 6.91. The van der Waals surface area contributed by atoms with Gasteiger partial charge in [-0.2, -0.15) is 0 Å². The van der Waals surface area contributed by atoms with Gasteiger partial charge in [0.05, 0.1) is 54.0 Å². The van der Waals surface area contributed by atoms with Gasteiger partial charge in [-0.1, -0.05) is 12.1 Å². The van der Waals surface area contributed by atoms with E-state index in [9.17, 15) is 9.59 Å². The zero-order valence-corrected chi connectivity index (χ0v) is 23.0. The van der Waals surface area contributed by atoms with Gasteiger partial charge in [0.2, 0.25) is 0 Å². The summed E-state index contributed by atoms with van der Waals surface area (Å²) in [5, 5.41) is 0. The van der Waals surface area contributed by atoms with Crippen molar-refractivity contribution in [3.63, 3.8) is 0 Å². The number of methoxy groups -OCH3 is 2. The Morgan fingerprint density at radius 3 is 2.40 bits per heavy atom. The number of benzene rings is 2. The molecule has 0 spiro atoms. The van der Waals surface area contributed by atoms with E-state index in [0.717, 1.165) is 28.0 Å². The number of ether oxygens (including phenoxy) is 2. The van der Waals surface area contributed by atoms with Crippen LogP contribution >= 0.6 is 0 Å². The molecule has 0 radical (unpaired) electrons. The van der Waals surface area contributed by atoms with Gasteiger partial charge in [-0.05, 0) is 49.4 Å². The first-order valence-electron chi connectivity index (χ1n) is 12.9. The summed E-state index contributed by atoms with van der Waals surface area (Å²) in [6, 6.07) is 14.8. The van der Waals surface area contributed by atoms with E-state index in [1.54, 1.807) is 50.8 Å². The van der Waals surface area contributed by atoms with E-state index >= 15 is 0 Å². The van der Waals surface area contributed by atoms with Gasteiger partial charge in [0, 0.05) is 56.4 Å². The average molecular weight is 538 g/mol. The van der Waals surface area contributed by atoms with Gasteiger partial charge in [-0.15, -0.1) is 0 Å². The predicted octanol–water partition coefficient (Wildman–Crippen LogP) is 4.82. The van der Waals surface area contributed by atoms with Crippen LogP contribution in [0.4, 0.5) is 5.69 Å². The number of rotatable bonds is 10. The molecule has 9 nitrogen and oxygen atoms in total. The highest BCUT2D eigenvalue weighted by Crippen LogP contribution is 2.26. The highest BCUT2D eigenvalue weighted by molar-refractivity contribution is 6.21. The number of aryl methyl sites for hydroxylation is 1. The molecule has 0 fully saturated rings. The zero-order valence-electron chi connectivity index (χ0n) is 23.0. The molecule has 3 heterocycles. The molecular weight excluding hydrogens is 506 g/mol. The number of carbonyl (C=O) groups is 2. The number of hydrogen-bond acceptors (Lipinski definition) is 7. The number of allylic oxidation sites excluding steroid dienone is 2. The monoisotopic (exact) mass is 537 g/mol. The van der Waals surface area contributed by atoms with E-state index in [0.29, 0.717) is 35.7 Å². The Hall–Kier alpha value is -4.92. The molecule has 2 amide bonds. The van der Waals surface area contributed by atoms with Crippen LogP contribution in [0.5, 0.6) is 0 Å². The van der Waals surface area contributed by atoms with Crippen molar-refractivity contribution < 1.29 is 19.1 Å². The van der Waals surface area contributed by atoms with Crippen molar-refractivity contribution in [3.8, 4) is 11.3 Å². The van der Waals surface area contributed by atoms with E-state index in [1.807, 2.05) is 61.3 Å². The molecule has 0 saturated heterocycles. The fraction of sp³-hybridized carbons (Fsp3) is 0.226. The number of imide groups is 1. The molecule has 9 heteroatoms. The summed E-state index contributed by atoms with van der Waals surface area (Å²) < 4.78 is 12.8. The van der Waals surface area contributed by atoms with Gasteiger partial charge in [0.1, 0.15) is 5.76 Å². The summed E-state index contributed by atoms with van der Waals surface area (Å²) in [4.78, 5) is 38.8. The van der Waals surface area contributed by atoms with Crippen LogP contribution < -0.4 is 4.90 Å². The fourth-order valence-electron chi connectivity index (χ4n) is 4.64. The first kappa shape index (κ1) is 26.7. The quantitative estimate of drug-likeness (QED) is 0.163. The van der Waals surface area contributed by atoms with Gasteiger partial charge in [-0.3, -0.25) is 19.5 Å². The van der Waals surface area contributed by atoms with Crippen LogP contribution in [0.25, 0.3) is 22.3 Å². The molecule has 0 N–H and O–H groups in total. The summed E-state index contributed by atoms with van der Waals surface area (Å²) in [6.07, 6.45) is 9.48. The highest BCUT2D eigenvalue weighted by Gasteiger charge is 2.35. The molecule has 204 valence electrons. The maximum absolute atomic E-state index is 13.0. The smallest absolute Gasteiger partial charge is 0.261 e. The van der Waals surface area contributed by atoms with Crippen molar-refractivity contribution >= 4 is 28.5 Å². The molecule has 0 unspecified atom stereocenters. The number of fused-ring (bicyclic) bond motifs is 2. The predicted molar refractivity (Wildman–Crippen MR) is 154 cm³/mol. The number of nitrogens with zero attached hydrogens (tertiary/aromatic N) is 5. The summed E-state index contributed by atoms with van der Waals surface area (Å²) >= 11 is 0.